The number of hydrogen-bond donors (Lipinski definition) is 1. The second-order valence-electron chi connectivity index (χ2n) is 5.74. The van der Waals surface area contributed by atoms with Crippen molar-refractivity contribution < 1.29 is 14.7 Å². The van der Waals surface area contributed by atoms with Crippen molar-refractivity contribution in [1.29, 1.82) is 0 Å². The molecule has 1 amide bonds. The first-order valence-corrected chi connectivity index (χ1v) is 7.31. The van der Waals surface area contributed by atoms with Crippen molar-refractivity contribution in [3.63, 3.8) is 0 Å². The number of aromatic carboxylic acids is 1. The van der Waals surface area contributed by atoms with Crippen LogP contribution in [-0.2, 0) is 11.3 Å². The minimum absolute atomic E-state index is 0.0701. The molecular formula is C16H18N3O4-. The zero-order valence-corrected chi connectivity index (χ0v) is 13.2. The summed E-state index contributed by atoms with van der Waals surface area (Å²) >= 11 is 0. The molecule has 1 atom stereocenters. The van der Waals surface area contributed by atoms with E-state index in [1.807, 2.05) is 20.8 Å². The quantitative estimate of drug-likeness (QED) is 0.831. The average Bonchev–Trinajstić information content (AvgIpc) is 2.49. The largest absolute Gasteiger partial charge is 0.543 e. The van der Waals surface area contributed by atoms with Gasteiger partial charge in [0.05, 0.1) is 11.4 Å². The summed E-state index contributed by atoms with van der Waals surface area (Å²) in [7, 11) is 0. The monoisotopic (exact) mass is 316 g/mol. The van der Waals surface area contributed by atoms with Gasteiger partial charge < -0.3 is 15.2 Å². The van der Waals surface area contributed by atoms with Crippen LogP contribution in [0.15, 0.2) is 29.1 Å². The molecule has 1 N–H and O–H groups in total. The lowest BCUT2D eigenvalue weighted by Gasteiger charge is -2.18. The van der Waals surface area contributed by atoms with E-state index in [4.69, 9.17) is 0 Å². The van der Waals surface area contributed by atoms with E-state index in [-0.39, 0.29) is 35.0 Å². The number of rotatable bonds is 5. The highest BCUT2D eigenvalue weighted by molar-refractivity contribution is 6.00. The lowest BCUT2D eigenvalue weighted by atomic mass is 10.1. The second-order valence-corrected chi connectivity index (χ2v) is 5.74. The number of carboxylic acids is 1. The predicted molar refractivity (Wildman–Crippen MR) is 82.8 cm³/mol. The topological polar surface area (TPSA) is 104 Å². The molecule has 0 aliphatic carbocycles. The van der Waals surface area contributed by atoms with E-state index in [9.17, 15) is 19.5 Å². The van der Waals surface area contributed by atoms with Gasteiger partial charge in [-0.25, -0.2) is 4.68 Å². The van der Waals surface area contributed by atoms with Gasteiger partial charge in [-0.2, -0.15) is 5.10 Å². The summed E-state index contributed by atoms with van der Waals surface area (Å²) in [6.07, 6.45) is 0. The number of aromatic nitrogens is 2. The number of hydrogen-bond acceptors (Lipinski definition) is 5. The van der Waals surface area contributed by atoms with Crippen LogP contribution in [0.25, 0.3) is 10.8 Å². The average molecular weight is 316 g/mol. The van der Waals surface area contributed by atoms with Crippen LogP contribution >= 0.6 is 0 Å². The number of amides is 1. The third-order valence-electron chi connectivity index (χ3n) is 3.74. The first-order valence-electron chi connectivity index (χ1n) is 7.31. The van der Waals surface area contributed by atoms with E-state index in [1.54, 1.807) is 12.1 Å². The summed E-state index contributed by atoms with van der Waals surface area (Å²) in [6.45, 7) is 5.42. The van der Waals surface area contributed by atoms with Gasteiger partial charge in [0.15, 0.2) is 0 Å². The molecule has 0 aliphatic heterocycles. The molecule has 0 spiro atoms. The Morgan fingerprint density at radius 3 is 2.39 bits per heavy atom. The van der Waals surface area contributed by atoms with Gasteiger partial charge in [0.2, 0.25) is 5.91 Å². The maximum absolute atomic E-state index is 12.4. The maximum atomic E-state index is 12.4. The van der Waals surface area contributed by atoms with Crippen molar-refractivity contribution in [1.82, 2.24) is 15.1 Å². The van der Waals surface area contributed by atoms with Gasteiger partial charge in [0.1, 0.15) is 12.2 Å². The lowest BCUT2D eigenvalue weighted by Crippen LogP contribution is -2.41. The molecule has 1 aromatic heterocycles. The van der Waals surface area contributed by atoms with Crippen molar-refractivity contribution in [3.8, 4) is 0 Å². The molecule has 7 heteroatoms. The van der Waals surface area contributed by atoms with Crippen LogP contribution in [0.2, 0.25) is 0 Å². The summed E-state index contributed by atoms with van der Waals surface area (Å²) < 4.78 is 0.857. The fraction of sp³-hybridized carbons (Fsp3) is 0.375. The fourth-order valence-corrected chi connectivity index (χ4v) is 2.10. The van der Waals surface area contributed by atoms with Crippen LogP contribution in [0, 0.1) is 5.92 Å². The Kier molecular flexibility index (Phi) is 4.78. The van der Waals surface area contributed by atoms with Crippen LogP contribution in [0.1, 0.15) is 31.3 Å². The Hall–Kier alpha value is -2.70. The molecule has 0 radical (unpaired) electrons. The van der Waals surface area contributed by atoms with Gasteiger partial charge in [-0.1, -0.05) is 32.0 Å². The Morgan fingerprint density at radius 1 is 1.22 bits per heavy atom. The Morgan fingerprint density at radius 2 is 1.83 bits per heavy atom. The first kappa shape index (κ1) is 16.7. The zero-order chi connectivity index (χ0) is 17.1. The van der Waals surface area contributed by atoms with Gasteiger partial charge in [-0.3, -0.25) is 9.59 Å². The molecule has 1 heterocycles. The van der Waals surface area contributed by atoms with Gasteiger partial charge in [-0.05, 0) is 18.9 Å². The Labute approximate surface area is 132 Å². The molecule has 7 nitrogen and oxygen atoms in total. The SMILES string of the molecule is CC(C)[C@H](C)NC(=O)Cn1nc(C(=O)[O-])c2ccccc2c1=O. The minimum Gasteiger partial charge on any atom is -0.543 e. The van der Waals surface area contributed by atoms with Gasteiger partial charge in [0, 0.05) is 11.4 Å². The van der Waals surface area contributed by atoms with E-state index in [2.05, 4.69) is 10.4 Å². The van der Waals surface area contributed by atoms with E-state index in [1.165, 1.54) is 12.1 Å². The lowest BCUT2D eigenvalue weighted by molar-refractivity contribution is -0.255. The Bertz CT molecular complexity index is 811. The van der Waals surface area contributed by atoms with Crippen molar-refractivity contribution in [3.05, 3.63) is 40.3 Å². The third kappa shape index (κ3) is 3.56. The standard InChI is InChI=1S/C16H19N3O4/c1-9(2)10(3)17-13(20)8-19-15(21)12-7-5-4-6-11(12)14(18-19)16(22)23/h4-7,9-10H,8H2,1-3H3,(H,17,20)(H,22,23)/p-1/t10-/m0/s1. The smallest absolute Gasteiger partial charge is 0.275 e. The molecule has 0 bridgehead atoms. The molecule has 2 aromatic rings. The van der Waals surface area contributed by atoms with Gasteiger partial charge in [0.25, 0.3) is 5.56 Å². The summed E-state index contributed by atoms with van der Waals surface area (Å²) in [6, 6.07) is 6.14. The van der Waals surface area contributed by atoms with Crippen LogP contribution in [0.4, 0.5) is 0 Å². The normalized spacial score (nSPS) is 12.3. The highest BCUT2D eigenvalue weighted by Gasteiger charge is 2.15. The van der Waals surface area contributed by atoms with Crippen molar-refractivity contribution >= 4 is 22.6 Å². The summed E-state index contributed by atoms with van der Waals surface area (Å²) in [4.78, 5) is 35.6. The van der Waals surface area contributed by atoms with Crippen LogP contribution in [0.3, 0.4) is 0 Å². The molecule has 122 valence electrons. The van der Waals surface area contributed by atoms with Crippen molar-refractivity contribution in [2.45, 2.75) is 33.4 Å². The number of nitrogens with one attached hydrogen (secondary N) is 1. The Balaban J connectivity index is 2.42. The number of fused-ring (bicyclic) bond motifs is 1. The zero-order valence-electron chi connectivity index (χ0n) is 13.2. The van der Waals surface area contributed by atoms with Crippen LogP contribution < -0.4 is 16.0 Å². The first-order chi connectivity index (χ1) is 10.8. The van der Waals surface area contributed by atoms with E-state index in [0.717, 1.165) is 4.68 Å². The summed E-state index contributed by atoms with van der Waals surface area (Å²) in [5.74, 6) is -1.66. The molecule has 23 heavy (non-hydrogen) atoms. The molecule has 0 saturated heterocycles. The highest BCUT2D eigenvalue weighted by Crippen LogP contribution is 2.12. The highest BCUT2D eigenvalue weighted by atomic mass is 16.4. The number of benzene rings is 1. The van der Waals surface area contributed by atoms with Crippen molar-refractivity contribution in [2.24, 2.45) is 5.92 Å². The van der Waals surface area contributed by atoms with Gasteiger partial charge in [-0.15, -0.1) is 0 Å². The summed E-state index contributed by atoms with van der Waals surface area (Å²) in [5.41, 5.74) is -0.872. The van der Waals surface area contributed by atoms with Crippen molar-refractivity contribution in [2.75, 3.05) is 0 Å². The fourth-order valence-electron chi connectivity index (χ4n) is 2.10. The molecule has 0 aliphatic rings. The van der Waals surface area contributed by atoms with Gasteiger partial charge >= 0.3 is 0 Å². The van der Waals surface area contributed by atoms with Crippen LogP contribution in [-0.4, -0.2) is 27.7 Å². The van der Waals surface area contributed by atoms with E-state index < -0.39 is 17.4 Å². The molecule has 0 unspecified atom stereocenters. The number of carbonyl (C=O) groups is 2. The molecular weight excluding hydrogens is 298 g/mol. The number of nitrogens with zero attached hydrogens (tertiary/aromatic N) is 2. The molecule has 0 fully saturated rings. The number of carboxylic acid groups (broad SMARTS) is 1. The molecule has 1 aromatic carbocycles. The third-order valence-corrected chi connectivity index (χ3v) is 3.74. The minimum atomic E-state index is -1.49. The maximum Gasteiger partial charge on any atom is 0.275 e. The number of carbonyl (C=O) groups excluding carboxylic acids is 2. The van der Waals surface area contributed by atoms with E-state index in [0.29, 0.717) is 0 Å². The molecule has 0 saturated carbocycles. The predicted octanol–water partition coefficient (Wildman–Crippen LogP) is -0.0793. The summed E-state index contributed by atoms with van der Waals surface area (Å²) in [5, 5.41) is 18.2. The second kappa shape index (κ2) is 6.60. The molecule has 2 rings (SSSR count). The van der Waals surface area contributed by atoms with E-state index >= 15 is 0 Å². The van der Waals surface area contributed by atoms with Crippen LogP contribution in [0.5, 0.6) is 0 Å².